The van der Waals surface area contributed by atoms with Crippen LogP contribution < -0.4 is 0 Å². The maximum Gasteiger partial charge on any atom is 0.152 e. The quantitative estimate of drug-likeness (QED) is 0.557. The van der Waals surface area contributed by atoms with Crippen molar-refractivity contribution < 1.29 is 4.79 Å². The Kier molecular flexibility index (Phi) is 4.90. The monoisotopic (exact) mass is 314 g/mol. The molecule has 0 unspecified atom stereocenters. The van der Waals surface area contributed by atoms with E-state index < -0.39 is 5.41 Å². The van der Waals surface area contributed by atoms with Gasteiger partial charge in [0.05, 0.1) is 0 Å². The maximum atomic E-state index is 13.5. The summed E-state index contributed by atoms with van der Waals surface area (Å²) in [5.41, 5.74) is 2.34. The fourth-order valence-electron chi connectivity index (χ4n) is 3.46. The summed E-state index contributed by atoms with van der Waals surface area (Å²) in [6.07, 6.45) is 1.39. The Morgan fingerprint density at radius 2 is 1.00 bits per heavy atom. The fraction of sp³-hybridized carbons (Fsp3) is 0.174. The molecule has 0 aromatic heterocycles. The van der Waals surface area contributed by atoms with Gasteiger partial charge in [-0.15, -0.1) is 0 Å². The Labute approximate surface area is 144 Å². The van der Waals surface area contributed by atoms with Gasteiger partial charge in [-0.2, -0.15) is 0 Å². The summed E-state index contributed by atoms with van der Waals surface area (Å²) in [6, 6.07) is 30.4. The van der Waals surface area contributed by atoms with E-state index in [0.29, 0.717) is 6.42 Å². The van der Waals surface area contributed by atoms with Crippen molar-refractivity contribution in [3.63, 3.8) is 0 Å². The van der Waals surface area contributed by atoms with Gasteiger partial charge in [0.15, 0.2) is 5.78 Å². The minimum atomic E-state index is -0.750. The first-order valence-corrected chi connectivity index (χ1v) is 8.50. The largest absolute Gasteiger partial charge is 0.298 e. The molecule has 0 aliphatic carbocycles. The molecule has 0 radical (unpaired) electrons. The van der Waals surface area contributed by atoms with E-state index in [1.54, 1.807) is 0 Å². The number of Topliss-reactive ketones (excluding diaryl/α,β-unsaturated/α-hetero) is 1. The van der Waals surface area contributed by atoms with Gasteiger partial charge in [-0.3, -0.25) is 4.79 Å². The van der Waals surface area contributed by atoms with Crippen LogP contribution >= 0.6 is 0 Å². The molecule has 1 nitrogen and oxygen atoms in total. The summed E-state index contributed by atoms with van der Waals surface area (Å²) in [6.45, 7) is 2.06. The first kappa shape index (κ1) is 16.2. The van der Waals surface area contributed by atoms with Crippen LogP contribution in [0.2, 0.25) is 0 Å². The second-order valence-corrected chi connectivity index (χ2v) is 6.02. The van der Waals surface area contributed by atoms with Crippen LogP contribution in [0.15, 0.2) is 91.0 Å². The van der Waals surface area contributed by atoms with Gasteiger partial charge < -0.3 is 0 Å². The van der Waals surface area contributed by atoms with E-state index in [1.807, 2.05) is 54.6 Å². The van der Waals surface area contributed by atoms with Crippen LogP contribution in [0.25, 0.3) is 0 Å². The zero-order chi connectivity index (χ0) is 16.8. The van der Waals surface area contributed by atoms with Crippen molar-refractivity contribution in [2.45, 2.75) is 25.2 Å². The SMILES string of the molecule is CCCC(=O)C(c1ccccc1)(c1ccccc1)c1ccccc1. The van der Waals surface area contributed by atoms with Crippen molar-refractivity contribution in [1.29, 1.82) is 0 Å². The zero-order valence-electron chi connectivity index (χ0n) is 14.0. The van der Waals surface area contributed by atoms with E-state index in [2.05, 4.69) is 43.3 Å². The topological polar surface area (TPSA) is 17.1 Å². The summed E-state index contributed by atoms with van der Waals surface area (Å²) in [5, 5.41) is 0. The average Bonchev–Trinajstić information content (AvgIpc) is 2.65. The number of benzene rings is 3. The molecule has 0 saturated heterocycles. The van der Waals surface area contributed by atoms with E-state index in [9.17, 15) is 4.79 Å². The molecule has 0 spiro atoms. The molecule has 0 N–H and O–H groups in total. The van der Waals surface area contributed by atoms with Crippen molar-refractivity contribution >= 4 is 5.78 Å². The van der Waals surface area contributed by atoms with Crippen molar-refractivity contribution in [3.8, 4) is 0 Å². The van der Waals surface area contributed by atoms with Gasteiger partial charge in [-0.05, 0) is 23.1 Å². The normalized spacial score (nSPS) is 11.2. The number of rotatable bonds is 6. The van der Waals surface area contributed by atoms with Crippen molar-refractivity contribution in [2.75, 3.05) is 0 Å². The molecule has 3 aromatic carbocycles. The van der Waals surface area contributed by atoms with Crippen LogP contribution in [0.1, 0.15) is 36.5 Å². The molecule has 0 aliphatic heterocycles. The molecule has 0 atom stereocenters. The second kappa shape index (κ2) is 7.27. The third kappa shape index (κ3) is 2.78. The highest BCUT2D eigenvalue weighted by molar-refractivity contribution is 5.97. The van der Waals surface area contributed by atoms with Crippen molar-refractivity contribution in [3.05, 3.63) is 108 Å². The van der Waals surface area contributed by atoms with Crippen molar-refractivity contribution in [1.82, 2.24) is 0 Å². The van der Waals surface area contributed by atoms with Crippen LogP contribution in [-0.2, 0) is 10.2 Å². The van der Waals surface area contributed by atoms with Gasteiger partial charge in [0.1, 0.15) is 5.41 Å². The van der Waals surface area contributed by atoms with Gasteiger partial charge in [0.2, 0.25) is 0 Å². The van der Waals surface area contributed by atoms with Gasteiger partial charge in [-0.25, -0.2) is 0 Å². The highest BCUT2D eigenvalue weighted by Crippen LogP contribution is 2.41. The summed E-state index contributed by atoms with van der Waals surface area (Å²) in [7, 11) is 0. The van der Waals surface area contributed by atoms with Crippen LogP contribution in [0.4, 0.5) is 0 Å². The van der Waals surface area contributed by atoms with E-state index in [0.717, 1.165) is 23.1 Å². The Bertz CT molecular complexity index is 679. The summed E-state index contributed by atoms with van der Waals surface area (Å²) >= 11 is 0. The third-order valence-corrected chi connectivity index (χ3v) is 4.52. The molecule has 0 aliphatic rings. The van der Waals surface area contributed by atoms with Crippen LogP contribution in [-0.4, -0.2) is 5.78 Å². The standard InChI is InChI=1S/C23H22O/c1-2-12-22(24)23(19-13-6-3-7-14-19,20-15-8-4-9-16-20)21-17-10-5-11-18-21/h3-11,13-18H,2,12H2,1H3. The molecule has 0 amide bonds. The number of ketones is 1. The van der Waals surface area contributed by atoms with E-state index in [-0.39, 0.29) is 5.78 Å². The lowest BCUT2D eigenvalue weighted by atomic mass is 9.66. The molecule has 0 heterocycles. The van der Waals surface area contributed by atoms with Gasteiger partial charge in [-0.1, -0.05) is 97.9 Å². The molecule has 3 rings (SSSR count). The predicted octanol–water partition coefficient (Wildman–Crippen LogP) is 5.39. The first-order chi connectivity index (χ1) is 11.8. The van der Waals surface area contributed by atoms with Gasteiger partial charge in [0.25, 0.3) is 0 Å². The lowest BCUT2D eigenvalue weighted by Crippen LogP contribution is -2.38. The summed E-state index contributed by atoms with van der Waals surface area (Å²) in [4.78, 5) is 13.5. The van der Waals surface area contributed by atoms with Crippen LogP contribution in [0.5, 0.6) is 0 Å². The number of carbonyl (C=O) groups excluding carboxylic acids is 1. The van der Waals surface area contributed by atoms with Gasteiger partial charge in [0, 0.05) is 6.42 Å². The number of hydrogen-bond acceptors (Lipinski definition) is 1. The number of hydrogen-bond donors (Lipinski definition) is 0. The Balaban J connectivity index is 2.35. The number of carbonyl (C=O) groups is 1. The smallest absolute Gasteiger partial charge is 0.152 e. The van der Waals surface area contributed by atoms with E-state index in [1.165, 1.54) is 0 Å². The predicted molar refractivity (Wildman–Crippen MR) is 99.1 cm³/mol. The van der Waals surface area contributed by atoms with Crippen LogP contribution in [0.3, 0.4) is 0 Å². The molecular formula is C23H22O. The minimum absolute atomic E-state index is 0.244. The molecular weight excluding hydrogens is 292 g/mol. The molecule has 120 valence electrons. The van der Waals surface area contributed by atoms with Crippen molar-refractivity contribution in [2.24, 2.45) is 0 Å². The molecule has 0 fully saturated rings. The lowest BCUT2D eigenvalue weighted by Gasteiger charge is -2.34. The Morgan fingerprint density at radius 1 is 0.667 bits per heavy atom. The molecule has 0 saturated carbocycles. The minimum Gasteiger partial charge on any atom is -0.298 e. The Morgan fingerprint density at radius 3 is 1.29 bits per heavy atom. The highest BCUT2D eigenvalue weighted by atomic mass is 16.1. The molecule has 1 heteroatoms. The van der Waals surface area contributed by atoms with Crippen LogP contribution in [0, 0.1) is 0 Å². The summed E-state index contributed by atoms with van der Waals surface area (Å²) < 4.78 is 0. The zero-order valence-corrected chi connectivity index (χ0v) is 14.0. The highest BCUT2D eigenvalue weighted by Gasteiger charge is 2.42. The summed E-state index contributed by atoms with van der Waals surface area (Å²) in [5.74, 6) is 0.244. The second-order valence-electron chi connectivity index (χ2n) is 6.02. The first-order valence-electron chi connectivity index (χ1n) is 8.50. The lowest BCUT2D eigenvalue weighted by molar-refractivity contribution is -0.122. The Hall–Kier alpha value is -2.67. The fourth-order valence-corrected chi connectivity index (χ4v) is 3.46. The maximum absolute atomic E-state index is 13.5. The third-order valence-electron chi connectivity index (χ3n) is 4.52. The molecule has 24 heavy (non-hydrogen) atoms. The van der Waals surface area contributed by atoms with E-state index in [4.69, 9.17) is 0 Å². The van der Waals surface area contributed by atoms with Gasteiger partial charge >= 0.3 is 0 Å². The van der Waals surface area contributed by atoms with E-state index >= 15 is 0 Å². The molecule has 3 aromatic rings. The molecule has 0 bridgehead atoms. The average molecular weight is 314 g/mol.